The van der Waals surface area contributed by atoms with Crippen LogP contribution in [0.4, 0.5) is 8.78 Å². The molecule has 0 saturated carbocycles. The third-order valence-corrected chi connectivity index (χ3v) is 1.45. The molecule has 0 saturated heterocycles. The smallest absolute Gasteiger partial charge is 0.289 e. The van der Waals surface area contributed by atoms with E-state index in [9.17, 15) is 13.6 Å². The number of carbonyl (C=O) groups excluding carboxylic acids is 1. The topological polar surface area (TPSA) is 42.9 Å². The molecule has 5 heteroatoms. The van der Waals surface area contributed by atoms with Gasteiger partial charge >= 0.3 is 0 Å². The second kappa shape index (κ2) is 3.16. The summed E-state index contributed by atoms with van der Waals surface area (Å²) in [5.41, 5.74) is -0.836. The van der Waals surface area contributed by atoms with Gasteiger partial charge in [0.05, 0.1) is 0 Å². The molecule has 0 fully saturated rings. The largest absolute Gasteiger partial charge is 0.293 e. The van der Waals surface area contributed by atoms with Gasteiger partial charge in [0, 0.05) is 26.2 Å². The number of hydrogen-bond acceptors (Lipinski definition) is 3. The molecular formula is C8H8F2N2O. The Hall–Kier alpha value is -1.39. The van der Waals surface area contributed by atoms with E-state index in [2.05, 4.69) is 9.97 Å². The molecule has 0 spiro atoms. The standard InChI is InChI=1S/C8H8F2N2O/c1-5(13)6-7(8(2,9)10)12-4-3-11-6/h3-4H,1-2H3. The van der Waals surface area contributed by atoms with Crippen molar-refractivity contribution in [2.24, 2.45) is 0 Å². The predicted octanol–water partition coefficient (Wildman–Crippen LogP) is 1.79. The summed E-state index contributed by atoms with van der Waals surface area (Å²) in [6.07, 6.45) is 2.35. The quantitative estimate of drug-likeness (QED) is 0.661. The molecule has 70 valence electrons. The highest BCUT2D eigenvalue weighted by atomic mass is 19.3. The number of rotatable bonds is 2. The predicted molar refractivity (Wildman–Crippen MR) is 41.6 cm³/mol. The van der Waals surface area contributed by atoms with Crippen molar-refractivity contribution in [1.29, 1.82) is 0 Å². The summed E-state index contributed by atoms with van der Waals surface area (Å²) in [6, 6.07) is 0. The first-order valence-corrected chi connectivity index (χ1v) is 3.63. The van der Waals surface area contributed by atoms with E-state index in [-0.39, 0.29) is 5.69 Å². The molecule has 1 heterocycles. The summed E-state index contributed by atoms with van der Waals surface area (Å²) in [6.45, 7) is 1.86. The van der Waals surface area contributed by atoms with Crippen molar-refractivity contribution in [3.05, 3.63) is 23.8 Å². The zero-order valence-electron chi connectivity index (χ0n) is 7.21. The van der Waals surface area contributed by atoms with Gasteiger partial charge in [0.2, 0.25) is 0 Å². The van der Waals surface area contributed by atoms with Gasteiger partial charge in [-0.1, -0.05) is 0 Å². The van der Waals surface area contributed by atoms with Gasteiger partial charge in [-0.05, 0) is 0 Å². The van der Waals surface area contributed by atoms with Crippen molar-refractivity contribution >= 4 is 5.78 Å². The van der Waals surface area contributed by atoms with Crippen molar-refractivity contribution < 1.29 is 13.6 Å². The van der Waals surface area contributed by atoms with Crippen molar-refractivity contribution in [2.45, 2.75) is 19.8 Å². The van der Waals surface area contributed by atoms with Crippen LogP contribution in [0.25, 0.3) is 0 Å². The fourth-order valence-corrected chi connectivity index (χ4v) is 0.917. The average molecular weight is 186 g/mol. The number of nitrogens with zero attached hydrogens (tertiary/aromatic N) is 2. The van der Waals surface area contributed by atoms with Crippen LogP contribution < -0.4 is 0 Å². The minimum atomic E-state index is -3.13. The fourth-order valence-electron chi connectivity index (χ4n) is 0.917. The molecule has 0 radical (unpaired) electrons. The molecule has 0 bridgehead atoms. The number of alkyl halides is 2. The number of halogens is 2. The minimum absolute atomic E-state index is 0.269. The summed E-state index contributed by atoms with van der Waals surface area (Å²) in [4.78, 5) is 17.9. The first-order valence-electron chi connectivity index (χ1n) is 3.63. The minimum Gasteiger partial charge on any atom is -0.293 e. The lowest BCUT2D eigenvalue weighted by Crippen LogP contribution is -2.16. The summed E-state index contributed by atoms with van der Waals surface area (Å²) >= 11 is 0. The maximum absolute atomic E-state index is 12.8. The summed E-state index contributed by atoms with van der Waals surface area (Å²) in [5.74, 6) is -3.64. The number of Topliss-reactive ketones (excluding diaryl/α,β-unsaturated/α-hetero) is 1. The van der Waals surface area contributed by atoms with Gasteiger partial charge in [-0.3, -0.25) is 9.78 Å². The number of hydrogen-bond donors (Lipinski definition) is 0. The maximum Gasteiger partial charge on any atom is 0.289 e. The highest BCUT2D eigenvalue weighted by molar-refractivity contribution is 5.93. The van der Waals surface area contributed by atoms with Gasteiger partial charge in [-0.2, -0.15) is 8.78 Å². The molecule has 0 aliphatic rings. The maximum atomic E-state index is 12.8. The van der Waals surface area contributed by atoms with Crippen LogP contribution in [0.2, 0.25) is 0 Å². The lowest BCUT2D eigenvalue weighted by molar-refractivity contribution is 0.0113. The summed E-state index contributed by atoms with van der Waals surface area (Å²) in [7, 11) is 0. The van der Waals surface area contributed by atoms with Crippen LogP contribution in [0.15, 0.2) is 12.4 Å². The molecule has 13 heavy (non-hydrogen) atoms. The van der Waals surface area contributed by atoms with Crippen molar-refractivity contribution in [3.63, 3.8) is 0 Å². The number of carbonyl (C=O) groups is 1. The molecule has 1 rings (SSSR count). The molecular weight excluding hydrogens is 178 g/mol. The molecule has 0 aliphatic heterocycles. The van der Waals surface area contributed by atoms with Crippen LogP contribution >= 0.6 is 0 Å². The molecule has 0 aromatic carbocycles. The monoisotopic (exact) mass is 186 g/mol. The Labute approximate surface area is 73.8 Å². The molecule has 0 aliphatic carbocycles. The van der Waals surface area contributed by atoms with Crippen LogP contribution in [0.3, 0.4) is 0 Å². The second-order valence-corrected chi connectivity index (χ2v) is 2.70. The number of aromatic nitrogens is 2. The van der Waals surface area contributed by atoms with Crippen LogP contribution in [-0.4, -0.2) is 15.8 Å². The lowest BCUT2D eigenvalue weighted by Gasteiger charge is -2.10. The Morgan fingerprint density at radius 2 is 1.92 bits per heavy atom. The van der Waals surface area contributed by atoms with E-state index in [1.165, 1.54) is 13.1 Å². The van der Waals surface area contributed by atoms with Gasteiger partial charge in [0.25, 0.3) is 5.92 Å². The van der Waals surface area contributed by atoms with Crippen LogP contribution in [0.1, 0.15) is 30.0 Å². The molecule has 0 amide bonds. The fraction of sp³-hybridized carbons (Fsp3) is 0.375. The second-order valence-electron chi connectivity index (χ2n) is 2.70. The summed E-state index contributed by atoms with van der Waals surface area (Å²) < 4.78 is 25.6. The Bertz CT molecular complexity index is 333. The highest BCUT2D eigenvalue weighted by Crippen LogP contribution is 2.26. The van der Waals surface area contributed by atoms with Gasteiger partial charge in [0.1, 0.15) is 11.4 Å². The van der Waals surface area contributed by atoms with E-state index in [1.54, 1.807) is 0 Å². The highest BCUT2D eigenvalue weighted by Gasteiger charge is 2.31. The van der Waals surface area contributed by atoms with E-state index in [0.717, 1.165) is 6.20 Å². The zero-order valence-corrected chi connectivity index (χ0v) is 7.21. The molecule has 0 atom stereocenters. The molecule has 0 N–H and O–H groups in total. The summed E-state index contributed by atoms with van der Waals surface area (Å²) in [5, 5.41) is 0. The van der Waals surface area contributed by atoms with Crippen molar-refractivity contribution in [3.8, 4) is 0 Å². The van der Waals surface area contributed by atoms with Crippen LogP contribution in [0.5, 0.6) is 0 Å². The van der Waals surface area contributed by atoms with Crippen LogP contribution in [-0.2, 0) is 5.92 Å². The van der Waals surface area contributed by atoms with E-state index >= 15 is 0 Å². The first-order chi connectivity index (χ1) is 5.93. The van der Waals surface area contributed by atoms with Crippen LogP contribution in [0, 0.1) is 0 Å². The van der Waals surface area contributed by atoms with E-state index in [4.69, 9.17) is 0 Å². The third-order valence-electron chi connectivity index (χ3n) is 1.45. The Kier molecular flexibility index (Phi) is 2.36. The van der Waals surface area contributed by atoms with Gasteiger partial charge in [-0.15, -0.1) is 0 Å². The van der Waals surface area contributed by atoms with Crippen molar-refractivity contribution in [2.75, 3.05) is 0 Å². The van der Waals surface area contributed by atoms with Gasteiger partial charge < -0.3 is 0 Å². The lowest BCUT2D eigenvalue weighted by atomic mass is 10.1. The van der Waals surface area contributed by atoms with Gasteiger partial charge in [0.15, 0.2) is 5.78 Å². The zero-order chi connectivity index (χ0) is 10.1. The Morgan fingerprint density at radius 3 is 2.31 bits per heavy atom. The first kappa shape index (κ1) is 9.70. The van der Waals surface area contributed by atoms with E-state index in [0.29, 0.717) is 6.92 Å². The number of ketones is 1. The molecule has 3 nitrogen and oxygen atoms in total. The van der Waals surface area contributed by atoms with E-state index < -0.39 is 17.4 Å². The third kappa shape index (κ3) is 2.05. The van der Waals surface area contributed by atoms with Gasteiger partial charge in [-0.25, -0.2) is 4.98 Å². The van der Waals surface area contributed by atoms with E-state index in [1.807, 2.05) is 0 Å². The average Bonchev–Trinajstić information content (AvgIpc) is 2.03. The van der Waals surface area contributed by atoms with Crippen molar-refractivity contribution in [1.82, 2.24) is 9.97 Å². The molecule has 1 aromatic heterocycles. The molecule has 0 unspecified atom stereocenters. The Balaban J connectivity index is 3.28. The Morgan fingerprint density at radius 1 is 1.38 bits per heavy atom. The molecule has 1 aromatic rings. The SMILES string of the molecule is CC(=O)c1nccnc1C(C)(F)F. The normalized spacial score (nSPS) is 11.4.